The summed E-state index contributed by atoms with van der Waals surface area (Å²) in [5, 5.41) is 5.87. The van der Waals surface area contributed by atoms with E-state index in [1.165, 1.54) is 16.5 Å². The van der Waals surface area contributed by atoms with Crippen LogP contribution in [0, 0.1) is 0 Å². The average molecular weight is 291 g/mol. The molecule has 3 aromatic rings. The molecule has 0 aliphatic rings. The number of hydrogen-bond acceptors (Lipinski definition) is 2. The van der Waals surface area contributed by atoms with Crippen LogP contribution in [0.1, 0.15) is 17.2 Å². The van der Waals surface area contributed by atoms with Gasteiger partial charge in [-0.05, 0) is 36.0 Å². The fourth-order valence-corrected chi connectivity index (χ4v) is 2.99. The predicted octanol–water partition coefficient (Wildman–Crippen LogP) is 4.35. The molecule has 0 bridgehead atoms. The summed E-state index contributed by atoms with van der Waals surface area (Å²) in [5.74, 6) is 0.925. The Bertz CT molecular complexity index is 752. The fraction of sp³-hybridized carbons (Fsp3) is 0.200. The third-order valence-electron chi connectivity index (χ3n) is 4.14. The van der Waals surface area contributed by atoms with Crippen LogP contribution >= 0.6 is 0 Å². The van der Waals surface area contributed by atoms with Crippen molar-refractivity contribution in [3.8, 4) is 5.75 Å². The van der Waals surface area contributed by atoms with Gasteiger partial charge >= 0.3 is 0 Å². The highest BCUT2D eigenvalue weighted by Gasteiger charge is 2.15. The van der Waals surface area contributed by atoms with Gasteiger partial charge in [-0.25, -0.2) is 0 Å². The summed E-state index contributed by atoms with van der Waals surface area (Å²) in [7, 11) is 3.74. The van der Waals surface area contributed by atoms with Gasteiger partial charge in [-0.3, -0.25) is 0 Å². The third kappa shape index (κ3) is 2.83. The molecule has 2 heteroatoms. The molecule has 0 heterocycles. The van der Waals surface area contributed by atoms with Crippen LogP contribution in [0.3, 0.4) is 0 Å². The minimum Gasteiger partial charge on any atom is -0.496 e. The maximum atomic E-state index is 5.49. The Morgan fingerprint density at radius 1 is 0.864 bits per heavy atom. The van der Waals surface area contributed by atoms with E-state index in [4.69, 9.17) is 4.74 Å². The topological polar surface area (TPSA) is 21.3 Å². The van der Waals surface area contributed by atoms with Crippen LogP contribution in [0.25, 0.3) is 10.8 Å². The second kappa shape index (κ2) is 6.63. The lowest BCUT2D eigenvalue weighted by Crippen LogP contribution is -2.19. The van der Waals surface area contributed by atoms with Crippen molar-refractivity contribution in [3.63, 3.8) is 0 Å². The fourth-order valence-electron chi connectivity index (χ4n) is 2.99. The van der Waals surface area contributed by atoms with Crippen molar-refractivity contribution in [1.29, 1.82) is 0 Å². The zero-order chi connectivity index (χ0) is 15.4. The first-order valence-corrected chi connectivity index (χ1v) is 7.60. The summed E-state index contributed by atoms with van der Waals surface area (Å²) in [6.07, 6.45) is 0.966. The zero-order valence-corrected chi connectivity index (χ0v) is 13.0. The molecule has 3 aromatic carbocycles. The van der Waals surface area contributed by atoms with Crippen LogP contribution in [-0.4, -0.2) is 14.2 Å². The number of likely N-dealkylation sites (N-methyl/N-ethyl adjacent to an activating group) is 1. The van der Waals surface area contributed by atoms with E-state index in [1.807, 2.05) is 7.05 Å². The average Bonchev–Trinajstić information content (AvgIpc) is 2.60. The molecular weight excluding hydrogens is 270 g/mol. The molecule has 0 unspecified atom stereocenters. The van der Waals surface area contributed by atoms with E-state index in [0.717, 1.165) is 17.6 Å². The van der Waals surface area contributed by atoms with E-state index >= 15 is 0 Å². The smallest absolute Gasteiger partial charge is 0.126 e. The van der Waals surface area contributed by atoms with E-state index in [0.29, 0.717) is 0 Å². The Balaban J connectivity index is 2.04. The van der Waals surface area contributed by atoms with Crippen molar-refractivity contribution >= 4 is 10.8 Å². The quantitative estimate of drug-likeness (QED) is 0.754. The summed E-state index contributed by atoms with van der Waals surface area (Å²) < 4.78 is 5.49. The lowest BCUT2D eigenvalue weighted by Gasteiger charge is -2.20. The molecule has 1 N–H and O–H groups in total. The highest BCUT2D eigenvalue weighted by Crippen LogP contribution is 2.32. The first-order valence-electron chi connectivity index (χ1n) is 7.60. The molecule has 0 aliphatic carbocycles. The Morgan fingerprint density at radius 2 is 1.55 bits per heavy atom. The van der Waals surface area contributed by atoms with Crippen molar-refractivity contribution < 1.29 is 4.74 Å². The lowest BCUT2D eigenvalue weighted by atomic mass is 9.94. The van der Waals surface area contributed by atoms with Gasteiger partial charge in [0.2, 0.25) is 0 Å². The third-order valence-corrected chi connectivity index (χ3v) is 4.14. The molecule has 0 saturated carbocycles. The van der Waals surface area contributed by atoms with Crippen LogP contribution in [-0.2, 0) is 6.42 Å². The van der Waals surface area contributed by atoms with Crippen molar-refractivity contribution in [3.05, 3.63) is 77.9 Å². The standard InChI is InChI=1S/C20H21NO/c1-21-19(14-15-8-4-3-5-9-15)17-12-13-20(22-2)18-11-7-6-10-16(17)18/h3-13,19,21H,14H2,1-2H3/t19-/m0/s1. The maximum absolute atomic E-state index is 5.49. The van der Waals surface area contributed by atoms with Gasteiger partial charge in [-0.1, -0.05) is 60.7 Å². The van der Waals surface area contributed by atoms with E-state index < -0.39 is 0 Å². The van der Waals surface area contributed by atoms with E-state index in [9.17, 15) is 0 Å². The predicted molar refractivity (Wildman–Crippen MR) is 92.4 cm³/mol. The van der Waals surface area contributed by atoms with Gasteiger partial charge in [-0.15, -0.1) is 0 Å². The van der Waals surface area contributed by atoms with Crippen LogP contribution in [0.5, 0.6) is 5.75 Å². The molecule has 0 amide bonds. The van der Waals surface area contributed by atoms with Crippen LogP contribution in [0.15, 0.2) is 66.7 Å². The molecule has 1 atom stereocenters. The van der Waals surface area contributed by atoms with Crippen LogP contribution in [0.2, 0.25) is 0 Å². The molecule has 0 aromatic heterocycles. The number of nitrogens with one attached hydrogen (secondary N) is 1. The molecule has 2 nitrogen and oxygen atoms in total. The largest absolute Gasteiger partial charge is 0.496 e. The number of fused-ring (bicyclic) bond motifs is 1. The summed E-state index contributed by atoms with van der Waals surface area (Å²) in [4.78, 5) is 0. The Kier molecular flexibility index (Phi) is 4.40. The monoisotopic (exact) mass is 291 g/mol. The SMILES string of the molecule is CN[C@@H](Cc1ccccc1)c1ccc(OC)c2ccccc12. The highest BCUT2D eigenvalue weighted by molar-refractivity contribution is 5.91. The second-order valence-corrected chi connectivity index (χ2v) is 5.43. The Hall–Kier alpha value is -2.32. The Labute approximate surface area is 131 Å². The lowest BCUT2D eigenvalue weighted by molar-refractivity contribution is 0.419. The summed E-state index contributed by atoms with van der Waals surface area (Å²) in [6.45, 7) is 0. The molecule has 3 rings (SSSR count). The first kappa shape index (κ1) is 14.6. The minimum absolute atomic E-state index is 0.276. The van der Waals surface area contributed by atoms with E-state index in [-0.39, 0.29) is 6.04 Å². The van der Waals surface area contributed by atoms with Gasteiger partial charge in [0.15, 0.2) is 0 Å². The van der Waals surface area contributed by atoms with Gasteiger partial charge < -0.3 is 10.1 Å². The van der Waals surface area contributed by atoms with Crippen molar-refractivity contribution in [1.82, 2.24) is 5.32 Å². The molecule has 112 valence electrons. The van der Waals surface area contributed by atoms with Crippen molar-refractivity contribution in [2.24, 2.45) is 0 Å². The number of rotatable bonds is 5. The van der Waals surface area contributed by atoms with Crippen molar-refractivity contribution in [2.75, 3.05) is 14.2 Å². The summed E-state index contributed by atoms with van der Waals surface area (Å²) >= 11 is 0. The summed E-state index contributed by atoms with van der Waals surface area (Å²) in [6, 6.07) is 23.5. The van der Waals surface area contributed by atoms with Crippen LogP contribution in [0.4, 0.5) is 0 Å². The summed E-state index contributed by atoms with van der Waals surface area (Å²) in [5.41, 5.74) is 2.64. The van der Waals surface area contributed by atoms with Gasteiger partial charge in [-0.2, -0.15) is 0 Å². The molecular formula is C20H21NO. The number of methoxy groups -OCH3 is 1. The Morgan fingerprint density at radius 3 is 2.23 bits per heavy atom. The molecule has 0 saturated heterocycles. The number of ether oxygens (including phenoxy) is 1. The highest BCUT2D eigenvalue weighted by atomic mass is 16.5. The van der Waals surface area contributed by atoms with E-state index in [1.54, 1.807) is 7.11 Å². The molecule has 0 fully saturated rings. The molecule has 22 heavy (non-hydrogen) atoms. The van der Waals surface area contributed by atoms with E-state index in [2.05, 4.69) is 72.0 Å². The van der Waals surface area contributed by atoms with Crippen LogP contribution < -0.4 is 10.1 Å². The maximum Gasteiger partial charge on any atom is 0.126 e. The first-order chi connectivity index (χ1) is 10.8. The van der Waals surface area contributed by atoms with Gasteiger partial charge in [0.1, 0.15) is 5.75 Å². The molecule has 0 spiro atoms. The van der Waals surface area contributed by atoms with Crippen molar-refractivity contribution in [2.45, 2.75) is 12.5 Å². The van der Waals surface area contributed by atoms with Gasteiger partial charge in [0.05, 0.1) is 7.11 Å². The number of benzene rings is 3. The van der Waals surface area contributed by atoms with Gasteiger partial charge in [0.25, 0.3) is 0 Å². The molecule has 0 radical (unpaired) electrons. The normalized spacial score (nSPS) is 12.3. The zero-order valence-electron chi connectivity index (χ0n) is 13.0. The van der Waals surface area contributed by atoms with Gasteiger partial charge in [0, 0.05) is 11.4 Å². The molecule has 0 aliphatic heterocycles. The minimum atomic E-state index is 0.276. The number of hydrogen-bond donors (Lipinski definition) is 1. The second-order valence-electron chi connectivity index (χ2n) is 5.43.